The van der Waals surface area contributed by atoms with E-state index < -0.39 is 23.7 Å². The van der Waals surface area contributed by atoms with Gasteiger partial charge in [0.2, 0.25) is 6.54 Å². The molecule has 0 aromatic carbocycles. The van der Waals surface area contributed by atoms with Crippen molar-refractivity contribution < 1.29 is 29.5 Å². The molecular weight excluding hydrogens is 352 g/mol. The van der Waals surface area contributed by atoms with Crippen LogP contribution in [0.3, 0.4) is 0 Å². The van der Waals surface area contributed by atoms with Crippen molar-refractivity contribution in [3.05, 3.63) is 10.1 Å². The van der Waals surface area contributed by atoms with Crippen LogP contribution < -0.4 is 5.32 Å². The van der Waals surface area contributed by atoms with Crippen molar-refractivity contribution in [1.82, 2.24) is 5.32 Å². The van der Waals surface area contributed by atoms with Crippen molar-refractivity contribution in [1.29, 1.82) is 0 Å². The number of aliphatic hydroxyl groups excluding tert-OH is 1. The monoisotopic (exact) mass is 378 g/mol. The third-order valence-corrected chi connectivity index (χ3v) is 3.01. The van der Waals surface area contributed by atoms with E-state index in [0.29, 0.717) is 12.8 Å². The molecule has 0 rings (SSSR count). The number of hydrogen-bond donors (Lipinski definition) is 3. The zero-order chi connectivity index (χ0) is 19.9. The minimum atomic E-state index is -1.11. The first-order chi connectivity index (χ1) is 11.5. The van der Waals surface area contributed by atoms with Crippen molar-refractivity contribution >= 4 is 23.8 Å². The predicted molar refractivity (Wildman–Crippen MR) is 94.9 cm³/mol. The Balaban J connectivity index is 0. The van der Waals surface area contributed by atoms with E-state index in [0.717, 1.165) is 11.8 Å². The summed E-state index contributed by atoms with van der Waals surface area (Å²) in [5.41, 5.74) is -0.649. The molecule has 0 fully saturated rings. The van der Waals surface area contributed by atoms with Crippen molar-refractivity contribution in [3.63, 3.8) is 0 Å². The van der Waals surface area contributed by atoms with E-state index in [9.17, 15) is 19.7 Å². The molecule has 0 aliphatic heterocycles. The second-order valence-electron chi connectivity index (χ2n) is 5.69. The van der Waals surface area contributed by atoms with Crippen LogP contribution in [-0.2, 0) is 9.53 Å². The molecule has 1 unspecified atom stereocenters. The van der Waals surface area contributed by atoms with Gasteiger partial charge in [0.25, 0.3) is 0 Å². The molecule has 0 aliphatic carbocycles. The molecule has 0 spiro atoms. The third-order valence-electron chi connectivity index (χ3n) is 2.16. The van der Waals surface area contributed by atoms with Crippen LogP contribution in [0.1, 0.15) is 40.5 Å². The number of hydrogen-bond acceptors (Lipinski definition) is 7. The van der Waals surface area contributed by atoms with Gasteiger partial charge in [0.1, 0.15) is 11.6 Å². The fraction of sp³-hybridized carbons (Fsp3) is 0.733. The van der Waals surface area contributed by atoms with Gasteiger partial charge in [-0.1, -0.05) is 17.7 Å². The van der Waals surface area contributed by atoms with Crippen LogP contribution in [0.2, 0.25) is 0 Å². The number of aliphatic carboxylic acids is 1. The summed E-state index contributed by atoms with van der Waals surface area (Å²) in [7, 11) is 0. The lowest BCUT2D eigenvalue weighted by molar-refractivity contribution is -0.480. The SMILES string of the molecule is CC#CSCC(NC(=O)OC(C)(C)C)C(=O)O.O=[N+]([O-])CCCCO. The maximum Gasteiger partial charge on any atom is 0.408 e. The summed E-state index contributed by atoms with van der Waals surface area (Å²) in [6, 6.07) is -1.00. The van der Waals surface area contributed by atoms with E-state index in [4.69, 9.17) is 14.9 Å². The standard InChI is InChI=1S/C11H17NO4S.C4H9NO3/c1-5-6-17-7-8(9(13)14)12-10(15)16-11(2,3)4;6-4-2-1-3-5(7)8/h8H,7H2,1-4H3,(H,12,15)(H,13,14);6H,1-4H2. The molecule has 0 saturated carbocycles. The quantitative estimate of drug-likeness (QED) is 0.251. The number of carboxylic acids is 1. The highest BCUT2D eigenvalue weighted by molar-refractivity contribution is 8.03. The molecule has 0 heterocycles. The second-order valence-corrected chi connectivity index (χ2v) is 6.51. The molecule has 0 bridgehead atoms. The number of nitro groups is 1. The first-order valence-electron chi connectivity index (χ1n) is 7.52. The highest BCUT2D eigenvalue weighted by Gasteiger charge is 2.23. The third kappa shape index (κ3) is 20.0. The molecule has 3 N–H and O–H groups in total. The van der Waals surface area contributed by atoms with E-state index in [1.165, 1.54) is 0 Å². The number of ether oxygens (including phenoxy) is 1. The number of rotatable bonds is 8. The number of alkyl carbamates (subject to hydrolysis) is 1. The summed E-state index contributed by atoms with van der Waals surface area (Å²) in [5, 5.41) is 31.6. The molecule has 0 radical (unpaired) electrons. The Labute approximate surface area is 151 Å². The highest BCUT2D eigenvalue weighted by atomic mass is 32.2. The van der Waals surface area contributed by atoms with Gasteiger partial charge in [0, 0.05) is 23.7 Å². The molecule has 0 aromatic heterocycles. The van der Waals surface area contributed by atoms with Crippen LogP contribution in [0.4, 0.5) is 4.79 Å². The predicted octanol–water partition coefficient (Wildman–Crippen LogP) is 1.71. The Hall–Kier alpha value is -1.99. The number of carboxylic acid groups (broad SMARTS) is 1. The number of carbonyl (C=O) groups excluding carboxylic acids is 1. The van der Waals surface area contributed by atoms with Gasteiger partial charge in [0.05, 0.1) is 0 Å². The first-order valence-corrected chi connectivity index (χ1v) is 8.50. The number of unbranched alkanes of at least 4 members (excludes halogenated alkanes) is 1. The van der Waals surface area contributed by atoms with Crippen LogP contribution >= 0.6 is 11.8 Å². The van der Waals surface area contributed by atoms with Crippen LogP contribution in [0.5, 0.6) is 0 Å². The number of carbonyl (C=O) groups is 2. The Morgan fingerprint density at radius 3 is 2.36 bits per heavy atom. The topological polar surface area (TPSA) is 139 Å². The van der Waals surface area contributed by atoms with Crippen molar-refractivity contribution in [2.75, 3.05) is 18.9 Å². The normalized spacial score (nSPS) is 11.1. The number of aliphatic hydroxyl groups is 1. The lowest BCUT2D eigenvalue weighted by atomic mass is 10.2. The molecular formula is C15H26N2O7S. The van der Waals surface area contributed by atoms with Crippen LogP contribution in [-0.4, -0.2) is 57.7 Å². The second kappa shape index (κ2) is 14.4. The maximum atomic E-state index is 11.4. The van der Waals surface area contributed by atoms with Gasteiger partial charge in [-0.15, -0.1) is 0 Å². The summed E-state index contributed by atoms with van der Waals surface area (Å²) in [6.45, 7) is 6.80. The van der Waals surface area contributed by atoms with Crippen molar-refractivity contribution in [3.8, 4) is 11.2 Å². The number of thioether (sulfide) groups is 1. The molecule has 0 saturated heterocycles. The fourth-order valence-electron chi connectivity index (χ4n) is 1.17. The Bertz CT molecular complexity index is 480. The largest absolute Gasteiger partial charge is 0.480 e. The van der Waals surface area contributed by atoms with E-state index in [1.807, 2.05) is 0 Å². The van der Waals surface area contributed by atoms with Crippen LogP contribution in [0.15, 0.2) is 0 Å². The molecule has 1 atom stereocenters. The average molecular weight is 378 g/mol. The number of nitrogens with zero attached hydrogens (tertiary/aromatic N) is 1. The molecule has 25 heavy (non-hydrogen) atoms. The molecule has 9 nitrogen and oxygen atoms in total. The smallest absolute Gasteiger partial charge is 0.408 e. The van der Waals surface area contributed by atoms with Crippen molar-refractivity contribution in [2.24, 2.45) is 0 Å². The fourth-order valence-corrected chi connectivity index (χ4v) is 1.79. The highest BCUT2D eigenvalue weighted by Crippen LogP contribution is 2.08. The zero-order valence-corrected chi connectivity index (χ0v) is 15.7. The lowest BCUT2D eigenvalue weighted by Crippen LogP contribution is -2.44. The van der Waals surface area contributed by atoms with Gasteiger partial charge in [-0.25, -0.2) is 9.59 Å². The van der Waals surface area contributed by atoms with Crippen molar-refractivity contribution in [2.45, 2.75) is 52.2 Å². The Morgan fingerprint density at radius 2 is 1.96 bits per heavy atom. The van der Waals surface area contributed by atoms with E-state index in [-0.39, 0.29) is 23.8 Å². The summed E-state index contributed by atoms with van der Waals surface area (Å²) in [5.74, 6) is 1.70. The Morgan fingerprint density at radius 1 is 1.36 bits per heavy atom. The number of amides is 1. The summed E-state index contributed by atoms with van der Waals surface area (Å²) >= 11 is 1.14. The van der Waals surface area contributed by atoms with Crippen LogP contribution in [0, 0.1) is 21.3 Å². The molecule has 0 aromatic rings. The van der Waals surface area contributed by atoms with Gasteiger partial charge in [-0.3, -0.25) is 10.1 Å². The summed E-state index contributed by atoms with van der Waals surface area (Å²) < 4.78 is 4.97. The Kier molecular flexibility index (Phi) is 14.5. The lowest BCUT2D eigenvalue weighted by Gasteiger charge is -2.21. The van der Waals surface area contributed by atoms with E-state index >= 15 is 0 Å². The van der Waals surface area contributed by atoms with Crippen LogP contribution in [0.25, 0.3) is 0 Å². The van der Waals surface area contributed by atoms with Gasteiger partial charge in [0.15, 0.2) is 0 Å². The maximum absolute atomic E-state index is 11.4. The zero-order valence-electron chi connectivity index (χ0n) is 14.9. The van der Waals surface area contributed by atoms with Gasteiger partial charge < -0.3 is 20.3 Å². The molecule has 10 heteroatoms. The van der Waals surface area contributed by atoms with Gasteiger partial charge in [-0.05, 0) is 39.4 Å². The minimum Gasteiger partial charge on any atom is -0.480 e. The summed E-state index contributed by atoms with van der Waals surface area (Å²) in [6.07, 6.45) is 0.264. The minimum absolute atomic E-state index is 0.0272. The van der Waals surface area contributed by atoms with E-state index in [2.05, 4.69) is 16.5 Å². The first kappa shape index (κ1) is 25.3. The molecule has 1 amide bonds. The number of nitrogens with one attached hydrogen (secondary N) is 1. The van der Waals surface area contributed by atoms with E-state index in [1.54, 1.807) is 27.7 Å². The van der Waals surface area contributed by atoms with Gasteiger partial charge in [-0.2, -0.15) is 0 Å². The summed E-state index contributed by atoms with van der Waals surface area (Å²) in [4.78, 5) is 31.4. The molecule has 144 valence electrons. The van der Waals surface area contributed by atoms with Gasteiger partial charge >= 0.3 is 12.1 Å². The molecule has 0 aliphatic rings. The average Bonchev–Trinajstić information content (AvgIpc) is 2.45.